The maximum absolute atomic E-state index is 11.0. The molecule has 0 saturated heterocycles. The number of ether oxygens (including phenoxy) is 3. The number of carbonyl (C=O) groups is 6. The SMILES string of the molecule is C=CC(=O)OCCCCCC(=O)O.C=CC(=O)OCCCCCC(=O)O.CCCC(O)C(=O)OC(=O)CCCCO. The summed E-state index contributed by atoms with van der Waals surface area (Å²) < 4.78 is 13.8. The molecule has 0 aliphatic rings. The van der Waals surface area contributed by atoms with E-state index in [1.807, 2.05) is 6.92 Å². The molecule has 0 bridgehead atoms. The van der Waals surface area contributed by atoms with E-state index in [-0.39, 0.29) is 25.9 Å². The number of carbonyl (C=O) groups excluding carboxylic acids is 4. The lowest BCUT2D eigenvalue weighted by atomic mass is 10.2. The summed E-state index contributed by atoms with van der Waals surface area (Å²) >= 11 is 0. The Morgan fingerprint density at radius 1 is 0.707 bits per heavy atom. The number of carboxylic acids is 2. The van der Waals surface area contributed by atoms with Gasteiger partial charge in [-0.25, -0.2) is 14.4 Å². The third kappa shape index (κ3) is 36.4. The van der Waals surface area contributed by atoms with Crippen LogP contribution in [-0.2, 0) is 43.0 Å². The topological polar surface area (TPSA) is 211 Å². The molecule has 0 heterocycles. The summed E-state index contributed by atoms with van der Waals surface area (Å²) in [5.74, 6) is -3.97. The zero-order valence-corrected chi connectivity index (χ0v) is 23.9. The van der Waals surface area contributed by atoms with Gasteiger partial charge in [0.1, 0.15) is 0 Å². The average Bonchev–Trinajstić information content (AvgIpc) is 2.92. The lowest BCUT2D eigenvalue weighted by Gasteiger charge is -2.07. The summed E-state index contributed by atoms with van der Waals surface area (Å²) in [5, 5.41) is 34.2. The summed E-state index contributed by atoms with van der Waals surface area (Å²) in [7, 11) is 0. The number of aliphatic hydroxyl groups excluding tert-OH is 2. The average molecular weight is 591 g/mol. The van der Waals surface area contributed by atoms with Gasteiger partial charge in [-0.05, 0) is 57.8 Å². The van der Waals surface area contributed by atoms with Gasteiger partial charge >= 0.3 is 35.8 Å². The Balaban J connectivity index is -0.000000530. The van der Waals surface area contributed by atoms with Crippen LogP contribution < -0.4 is 0 Å². The van der Waals surface area contributed by atoms with Crippen molar-refractivity contribution in [1.82, 2.24) is 0 Å². The Bertz CT molecular complexity index is 735. The fourth-order valence-corrected chi connectivity index (χ4v) is 2.58. The Morgan fingerprint density at radius 3 is 1.51 bits per heavy atom. The van der Waals surface area contributed by atoms with Crippen molar-refractivity contribution in [3.8, 4) is 0 Å². The molecule has 0 amide bonds. The van der Waals surface area contributed by atoms with Crippen molar-refractivity contribution < 1.29 is 63.4 Å². The highest BCUT2D eigenvalue weighted by atomic mass is 16.6. The Morgan fingerprint density at radius 2 is 1.15 bits per heavy atom. The van der Waals surface area contributed by atoms with Crippen LogP contribution in [0.15, 0.2) is 25.3 Å². The minimum atomic E-state index is -1.21. The summed E-state index contributed by atoms with van der Waals surface area (Å²) in [6.45, 7) is 9.00. The molecule has 0 aromatic carbocycles. The van der Waals surface area contributed by atoms with Gasteiger partial charge in [-0.2, -0.15) is 0 Å². The van der Waals surface area contributed by atoms with E-state index in [2.05, 4.69) is 17.9 Å². The van der Waals surface area contributed by atoms with Gasteiger partial charge in [-0.3, -0.25) is 14.4 Å². The third-order valence-electron chi connectivity index (χ3n) is 4.73. The molecule has 0 rings (SSSR count). The number of esters is 4. The number of rotatable bonds is 21. The van der Waals surface area contributed by atoms with Gasteiger partial charge in [-0.1, -0.05) is 26.5 Å². The standard InChI is InChI=1S/C10H18O5.2C9H14O4/c1-2-5-8(12)10(14)15-9(13)6-3-4-7-11;2*1-2-9(12)13-7-5-3-4-6-8(10)11/h8,11-12H,2-7H2,1H3;2*2H,1,3-7H2,(H,10,11). The molecule has 0 radical (unpaired) electrons. The van der Waals surface area contributed by atoms with Crippen molar-refractivity contribution >= 4 is 35.8 Å². The normalized spacial score (nSPS) is 10.3. The first-order valence-electron chi connectivity index (χ1n) is 13.5. The van der Waals surface area contributed by atoms with Crippen LogP contribution in [-0.4, -0.2) is 82.2 Å². The lowest BCUT2D eigenvalue weighted by molar-refractivity contribution is -0.166. The van der Waals surface area contributed by atoms with Crippen LogP contribution in [0.1, 0.15) is 90.4 Å². The largest absolute Gasteiger partial charge is 0.481 e. The fraction of sp³-hybridized carbons (Fsp3) is 0.643. The van der Waals surface area contributed by atoms with Gasteiger partial charge in [0.15, 0.2) is 6.10 Å². The highest BCUT2D eigenvalue weighted by molar-refractivity contribution is 5.87. The van der Waals surface area contributed by atoms with E-state index in [0.717, 1.165) is 25.0 Å². The minimum Gasteiger partial charge on any atom is -0.481 e. The van der Waals surface area contributed by atoms with Gasteiger partial charge in [0.25, 0.3) is 0 Å². The molecule has 13 nitrogen and oxygen atoms in total. The molecular weight excluding hydrogens is 544 g/mol. The monoisotopic (exact) mass is 590 g/mol. The summed E-state index contributed by atoms with van der Waals surface area (Å²) in [4.78, 5) is 63.2. The number of aliphatic carboxylic acids is 2. The van der Waals surface area contributed by atoms with Gasteiger partial charge < -0.3 is 34.6 Å². The molecule has 0 spiro atoms. The van der Waals surface area contributed by atoms with Crippen molar-refractivity contribution in [2.75, 3.05) is 19.8 Å². The Kier molecular flexibility index (Phi) is 31.6. The molecule has 0 aromatic heterocycles. The molecule has 0 aromatic rings. The summed E-state index contributed by atoms with van der Waals surface area (Å²) in [6, 6.07) is 0. The van der Waals surface area contributed by atoms with Crippen molar-refractivity contribution in [3.05, 3.63) is 25.3 Å². The summed E-state index contributed by atoms with van der Waals surface area (Å²) in [6.07, 6.45) is 7.54. The van der Waals surface area contributed by atoms with Crippen LogP contribution >= 0.6 is 0 Å². The molecule has 4 N–H and O–H groups in total. The van der Waals surface area contributed by atoms with E-state index in [4.69, 9.17) is 24.8 Å². The van der Waals surface area contributed by atoms with Crippen LogP contribution in [0.5, 0.6) is 0 Å². The number of hydrogen-bond acceptors (Lipinski definition) is 11. The second-order valence-corrected chi connectivity index (χ2v) is 8.43. The zero-order chi connectivity index (χ0) is 31.9. The fourth-order valence-electron chi connectivity index (χ4n) is 2.58. The number of carboxylic acid groups (broad SMARTS) is 2. The lowest BCUT2D eigenvalue weighted by Crippen LogP contribution is -2.25. The van der Waals surface area contributed by atoms with Gasteiger partial charge in [0, 0.05) is 38.0 Å². The smallest absolute Gasteiger partial charge is 0.342 e. The molecule has 0 fully saturated rings. The van der Waals surface area contributed by atoms with Crippen LogP contribution in [0.25, 0.3) is 0 Å². The van der Waals surface area contributed by atoms with E-state index in [1.165, 1.54) is 0 Å². The molecule has 0 aliphatic heterocycles. The maximum Gasteiger partial charge on any atom is 0.342 e. The quantitative estimate of drug-likeness (QED) is 0.0498. The van der Waals surface area contributed by atoms with Crippen molar-refractivity contribution in [1.29, 1.82) is 0 Å². The first kappa shape index (κ1) is 41.9. The predicted molar refractivity (Wildman–Crippen MR) is 147 cm³/mol. The first-order chi connectivity index (χ1) is 19.4. The number of aliphatic hydroxyl groups is 2. The second kappa shape index (κ2) is 31.0. The first-order valence-corrected chi connectivity index (χ1v) is 13.5. The molecule has 1 unspecified atom stereocenters. The van der Waals surface area contributed by atoms with Crippen molar-refractivity contribution in [3.63, 3.8) is 0 Å². The molecule has 236 valence electrons. The third-order valence-corrected chi connectivity index (χ3v) is 4.73. The van der Waals surface area contributed by atoms with E-state index >= 15 is 0 Å². The van der Waals surface area contributed by atoms with E-state index < -0.39 is 41.9 Å². The van der Waals surface area contributed by atoms with Crippen LogP contribution in [0.2, 0.25) is 0 Å². The van der Waals surface area contributed by atoms with Crippen molar-refractivity contribution in [2.45, 2.75) is 96.5 Å². The highest BCUT2D eigenvalue weighted by Crippen LogP contribution is 2.03. The molecule has 0 aliphatic carbocycles. The number of unbranched alkanes of at least 4 members (excludes halogenated alkanes) is 5. The minimum absolute atomic E-state index is 0.0136. The molecule has 13 heteroatoms. The van der Waals surface area contributed by atoms with Gasteiger partial charge in [0.2, 0.25) is 0 Å². The highest BCUT2D eigenvalue weighted by Gasteiger charge is 2.18. The maximum atomic E-state index is 11.0. The van der Waals surface area contributed by atoms with Crippen LogP contribution in [0.4, 0.5) is 0 Å². The van der Waals surface area contributed by atoms with Gasteiger partial charge in [-0.15, -0.1) is 0 Å². The number of hydrogen-bond donors (Lipinski definition) is 4. The van der Waals surface area contributed by atoms with E-state index in [1.54, 1.807) is 0 Å². The van der Waals surface area contributed by atoms with Crippen LogP contribution in [0.3, 0.4) is 0 Å². The molecule has 0 saturated carbocycles. The van der Waals surface area contributed by atoms with E-state index in [0.29, 0.717) is 64.6 Å². The van der Waals surface area contributed by atoms with Gasteiger partial charge in [0.05, 0.1) is 13.2 Å². The summed E-state index contributed by atoms with van der Waals surface area (Å²) in [5.41, 5.74) is 0. The molecular formula is C28H46O13. The zero-order valence-electron chi connectivity index (χ0n) is 23.9. The van der Waals surface area contributed by atoms with Crippen LogP contribution in [0, 0.1) is 0 Å². The Labute approximate surface area is 241 Å². The van der Waals surface area contributed by atoms with E-state index in [9.17, 15) is 33.9 Å². The van der Waals surface area contributed by atoms with Crippen molar-refractivity contribution in [2.24, 2.45) is 0 Å². The molecule has 41 heavy (non-hydrogen) atoms. The molecule has 1 atom stereocenters. The Hall–Kier alpha value is -3.58. The second-order valence-electron chi connectivity index (χ2n) is 8.43. The predicted octanol–water partition coefficient (Wildman–Crippen LogP) is 3.10.